The van der Waals surface area contributed by atoms with Gasteiger partial charge < -0.3 is 14.6 Å². The number of aromatic nitrogens is 1. The third kappa shape index (κ3) is 2.51. The zero-order valence-electron chi connectivity index (χ0n) is 8.05. The summed E-state index contributed by atoms with van der Waals surface area (Å²) in [5.74, 6) is -1.02. The molecule has 1 aliphatic heterocycles. The van der Waals surface area contributed by atoms with Crippen LogP contribution in [0.3, 0.4) is 0 Å². The number of carboxylic acid groups (broad SMARTS) is 1. The van der Waals surface area contributed by atoms with Crippen molar-refractivity contribution in [3.63, 3.8) is 0 Å². The van der Waals surface area contributed by atoms with Gasteiger partial charge >= 0.3 is 5.97 Å². The van der Waals surface area contributed by atoms with Gasteiger partial charge in [0, 0.05) is 0 Å². The number of ether oxygens (including phenoxy) is 2. The average Bonchev–Trinajstić information content (AvgIpc) is 2.16. The first-order chi connectivity index (χ1) is 7.25. The van der Waals surface area contributed by atoms with Gasteiger partial charge in [-0.3, -0.25) is 0 Å². The van der Waals surface area contributed by atoms with Crippen LogP contribution in [-0.4, -0.2) is 35.4 Å². The Bertz CT molecular complexity index is 362. The van der Waals surface area contributed by atoms with E-state index in [1.54, 1.807) is 12.1 Å². The van der Waals surface area contributed by atoms with Gasteiger partial charge in [0.2, 0.25) is 0 Å². The van der Waals surface area contributed by atoms with Crippen LogP contribution in [0.25, 0.3) is 0 Å². The number of nitrogens with zero attached hydrogens (tertiary/aromatic N) is 1. The highest BCUT2D eigenvalue weighted by atomic mass is 16.6. The molecule has 1 aliphatic rings. The molecule has 0 aromatic carbocycles. The molecule has 80 valence electrons. The Balaban J connectivity index is 1.94. The maximum absolute atomic E-state index is 10.6. The molecule has 2 heterocycles. The molecule has 0 radical (unpaired) electrons. The molecule has 1 saturated heterocycles. The van der Waals surface area contributed by atoms with Gasteiger partial charge in [0.1, 0.15) is 11.8 Å². The number of carbonyl (C=O) groups is 1. The summed E-state index contributed by atoms with van der Waals surface area (Å²) in [7, 11) is 0. The van der Waals surface area contributed by atoms with E-state index in [-0.39, 0.29) is 11.8 Å². The number of aromatic carboxylic acids is 1. The molecule has 0 saturated carbocycles. The predicted octanol–water partition coefficient (Wildman–Crippen LogP) is 0.695. The highest BCUT2D eigenvalue weighted by Gasteiger charge is 2.18. The highest BCUT2D eigenvalue weighted by molar-refractivity contribution is 5.85. The number of pyridine rings is 1. The van der Waals surface area contributed by atoms with Crippen LogP contribution in [0.1, 0.15) is 16.2 Å². The van der Waals surface area contributed by atoms with Crippen molar-refractivity contribution in [2.75, 3.05) is 13.2 Å². The molecule has 0 unspecified atom stereocenters. The number of hydrogen-bond donors (Lipinski definition) is 1. The van der Waals surface area contributed by atoms with Crippen LogP contribution in [0, 0.1) is 0 Å². The molecule has 15 heavy (non-hydrogen) atoms. The summed E-state index contributed by atoms with van der Waals surface area (Å²) in [6.07, 6.45) is 0.125. The standard InChI is InChI=1S/C10H11NO4/c12-10(13)9-3-1-2-7(11-9)4-15-8-5-14-6-8/h1-3,8H,4-6H2,(H,12,13). The molecular weight excluding hydrogens is 198 g/mol. The number of carboxylic acids is 1. The average molecular weight is 209 g/mol. The lowest BCUT2D eigenvalue weighted by Gasteiger charge is -2.25. The second kappa shape index (κ2) is 4.37. The van der Waals surface area contributed by atoms with Crippen molar-refractivity contribution >= 4 is 5.97 Å². The molecule has 1 fully saturated rings. The Labute approximate surface area is 86.7 Å². The quantitative estimate of drug-likeness (QED) is 0.790. The summed E-state index contributed by atoms with van der Waals surface area (Å²) in [6, 6.07) is 4.86. The summed E-state index contributed by atoms with van der Waals surface area (Å²) >= 11 is 0. The first kappa shape index (κ1) is 10.1. The molecule has 0 amide bonds. The lowest BCUT2D eigenvalue weighted by Crippen LogP contribution is -2.35. The lowest BCUT2D eigenvalue weighted by molar-refractivity contribution is -0.135. The van der Waals surface area contributed by atoms with E-state index in [0.29, 0.717) is 25.5 Å². The maximum Gasteiger partial charge on any atom is 0.354 e. The Morgan fingerprint density at radius 3 is 3.00 bits per heavy atom. The van der Waals surface area contributed by atoms with E-state index in [9.17, 15) is 4.79 Å². The molecule has 5 nitrogen and oxygen atoms in total. The van der Waals surface area contributed by atoms with E-state index in [2.05, 4.69) is 4.98 Å². The zero-order valence-corrected chi connectivity index (χ0v) is 8.05. The lowest BCUT2D eigenvalue weighted by atomic mass is 10.3. The topological polar surface area (TPSA) is 68.7 Å². The molecule has 0 bridgehead atoms. The Hall–Kier alpha value is -1.46. The Morgan fingerprint density at radius 1 is 1.60 bits per heavy atom. The summed E-state index contributed by atoms with van der Waals surface area (Å²) in [5, 5.41) is 8.72. The third-order valence-electron chi connectivity index (χ3n) is 2.10. The van der Waals surface area contributed by atoms with Crippen LogP contribution in [0.15, 0.2) is 18.2 Å². The van der Waals surface area contributed by atoms with Crippen LogP contribution in [0.2, 0.25) is 0 Å². The van der Waals surface area contributed by atoms with Gasteiger partial charge in [-0.05, 0) is 12.1 Å². The second-order valence-corrected chi connectivity index (χ2v) is 3.29. The van der Waals surface area contributed by atoms with E-state index < -0.39 is 5.97 Å². The number of rotatable bonds is 4. The van der Waals surface area contributed by atoms with Crippen molar-refractivity contribution in [2.24, 2.45) is 0 Å². The molecule has 1 N–H and O–H groups in total. The molecular formula is C10H11NO4. The van der Waals surface area contributed by atoms with Crippen LogP contribution in [0.5, 0.6) is 0 Å². The van der Waals surface area contributed by atoms with Crippen molar-refractivity contribution in [3.05, 3.63) is 29.6 Å². The van der Waals surface area contributed by atoms with Gasteiger partial charge in [-0.2, -0.15) is 0 Å². The molecule has 2 rings (SSSR count). The monoisotopic (exact) mass is 209 g/mol. The van der Waals surface area contributed by atoms with Crippen molar-refractivity contribution < 1.29 is 19.4 Å². The molecule has 1 aromatic rings. The first-order valence-electron chi connectivity index (χ1n) is 4.64. The van der Waals surface area contributed by atoms with Crippen molar-refractivity contribution in [3.8, 4) is 0 Å². The summed E-state index contributed by atoms with van der Waals surface area (Å²) in [5.41, 5.74) is 0.669. The van der Waals surface area contributed by atoms with Gasteiger partial charge in [-0.1, -0.05) is 6.07 Å². The van der Waals surface area contributed by atoms with Crippen LogP contribution < -0.4 is 0 Å². The van der Waals surface area contributed by atoms with Crippen LogP contribution in [0.4, 0.5) is 0 Å². The minimum atomic E-state index is -1.02. The minimum absolute atomic E-state index is 0.0426. The molecule has 0 spiro atoms. The SMILES string of the molecule is O=C(O)c1cccc(COC2COC2)n1. The molecule has 0 aliphatic carbocycles. The third-order valence-corrected chi connectivity index (χ3v) is 2.10. The number of hydrogen-bond acceptors (Lipinski definition) is 4. The summed E-state index contributed by atoms with van der Waals surface area (Å²) < 4.78 is 10.4. The molecule has 1 aromatic heterocycles. The fourth-order valence-electron chi connectivity index (χ4n) is 1.19. The highest BCUT2D eigenvalue weighted by Crippen LogP contribution is 2.09. The molecule has 0 atom stereocenters. The Kier molecular flexibility index (Phi) is 2.94. The van der Waals surface area contributed by atoms with Crippen molar-refractivity contribution in [2.45, 2.75) is 12.7 Å². The fourth-order valence-corrected chi connectivity index (χ4v) is 1.19. The van der Waals surface area contributed by atoms with Crippen molar-refractivity contribution in [1.29, 1.82) is 0 Å². The second-order valence-electron chi connectivity index (χ2n) is 3.29. The zero-order chi connectivity index (χ0) is 10.7. The normalized spacial score (nSPS) is 16.0. The Morgan fingerprint density at radius 2 is 2.40 bits per heavy atom. The maximum atomic E-state index is 10.6. The van der Waals surface area contributed by atoms with Crippen molar-refractivity contribution in [1.82, 2.24) is 4.98 Å². The predicted molar refractivity (Wildman–Crippen MR) is 50.6 cm³/mol. The minimum Gasteiger partial charge on any atom is -0.477 e. The summed E-state index contributed by atoms with van der Waals surface area (Å²) in [6.45, 7) is 1.55. The summed E-state index contributed by atoms with van der Waals surface area (Å²) in [4.78, 5) is 14.6. The van der Waals surface area contributed by atoms with Gasteiger partial charge in [-0.15, -0.1) is 0 Å². The molecule has 5 heteroatoms. The van der Waals surface area contributed by atoms with Gasteiger partial charge in [0.15, 0.2) is 0 Å². The van der Waals surface area contributed by atoms with E-state index in [4.69, 9.17) is 14.6 Å². The smallest absolute Gasteiger partial charge is 0.354 e. The fraction of sp³-hybridized carbons (Fsp3) is 0.400. The largest absolute Gasteiger partial charge is 0.477 e. The van der Waals surface area contributed by atoms with Crippen LogP contribution in [-0.2, 0) is 16.1 Å². The van der Waals surface area contributed by atoms with Gasteiger partial charge in [-0.25, -0.2) is 9.78 Å². The van der Waals surface area contributed by atoms with Gasteiger partial charge in [0.05, 0.1) is 25.5 Å². The first-order valence-corrected chi connectivity index (χ1v) is 4.64. The van der Waals surface area contributed by atoms with E-state index in [0.717, 1.165) is 0 Å². The van der Waals surface area contributed by atoms with E-state index in [1.165, 1.54) is 6.07 Å². The van der Waals surface area contributed by atoms with Crippen LogP contribution >= 0.6 is 0 Å². The van der Waals surface area contributed by atoms with E-state index in [1.807, 2.05) is 0 Å². The van der Waals surface area contributed by atoms with Gasteiger partial charge in [0.25, 0.3) is 0 Å². The van der Waals surface area contributed by atoms with E-state index >= 15 is 0 Å².